The van der Waals surface area contributed by atoms with Crippen LogP contribution in [0.3, 0.4) is 0 Å². The number of rotatable bonds is 8. The van der Waals surface area contributed by atoms with E-state index in [0.717, 1.165) is 18.4 Å². The number of hydrogen-bond donors (Lipinski definition) is 2. The van der Waals surface area contributed by atoms with Crippen molar-refractivity contribution in [2.24, 2.45) is 5.92 Å². The van der Waals surface area contributed by atoms with Crippen LogP contribution in [-0.4, -0.2) is 32.6 Å². The number of carbonyl (C=O) groups excluding carboxylic acids is 2. The van der Waals surface area contributed by atoms with Gasteiger partial charge in [0.2, 0.25) is 5.91 Å². The first-order valence-corrected chi connectivity index (χ1v) is 9.97. The molecule has 154 valence electrons. The van der Waals surface area contributed by atoms with Gasteiger partial charge in [-0.25, -0.2) is 0 Å². The van der Waals surface area contributed by atoms with Gasteiger partial charge in [0.1, 0.15) is 0 Å². The molecular weight excluding hydrogens is 368 g/mol. The van der Waals surface area contributed by atoms with Gasteiger partial charge in [0, 0.05) is 5.56 Å². The van der Waals surface area contributed by atoms with E-state index in [9.17, 15) is 9.59 Å². The zero-order valence-corrected chi connectivity index (χ0v) is 16.9. The van der Waals surface area contributed by atoms with Gasteiger partial charge < -0.3 is 20.1 Å². The van der Waals surface area contributed by atoms with E-state index in [2.05, 4.69) is 10.6 Å². The predicted molar refractivity (Wildman–Crippen MR) is 111 cm³/mol. The van der Waals surface area contributed by atoms with Gasteiger partial charge >= 0.3 is 0 Å². The van der Waals surface area contributed by atoms with Crippen molar-refractivity contribution in [3.05, 3.63) is 59.7 Å². The van der Waals surface area contributed by atoms with Gasteiger partial charge in [0.15, 0.2) is 11.5 Å². The van der Waals surface area contributed by atoms with Crippen LogP contribution in [0.2, 0.25) is 0 Å². The van der Waals surface area contributed by atoms with Gasteiger partial charge in [-0.2, -0.15) is 0 Å². The molecule has 2 aromatic rings. The summed E-state index contributed by atoms with van der Waals surface area (Å²) in [4.78, 5) is 25.0. The molecule has 6 nitrogen and oxygen atoms in total. The third kappa shape index (κ3) is 5.28. The van der Waals surface area contributed by atoms with Crippen LogP contribution >= 0.6 is 0 Å². The van der Waals surface area contributed by atoms with Crippen LogP contribution in [0.1, 0.15) is 47.6 Å². The summed E-state index contributed by atoms with van der Waals surface area (Å²) in [5.74, 6) is 0.916. The Balaban J connectivity index is 1.61. The van der Waals surface area contributed by atoms with E-state index in [1.165, 1.54) is 27.1 Å². The number of amides is 2. The second-order valence-electron chi connectivity index (χ2n) is 7.25. The molecule has 1 fully saturated rings. The van der Waals surface area contributed by atoms with Crippen LogP contribution in [0, 0.1) is 5.92 Å². The average molecular weight is 396 g/mol. The lowest BCUT2D eigenvalue weighted by atomic mass is 9.91. The van der Waals surface area contributed by atoms with Gasteiger partial charge in [0.25, 0.3) is 5.91 Å². The van der Waals surface area contributed by atoms with Gasteiger partial charge in [-0.3, -0.25) is 9.59 Å². The van der Waals surface area contributed by atoms with Crippen molar-refractivity contribution in [2.45, 2.75) is 31.7 Å². The molecule has 0 bridgehead atoms. The zero-order chi connectivity index (χ0) is 20.6. The quantitative estimate of drug-likeness (QED) is 0.716. The maximum absolute atomic E-state index is 12.6. The lowest BCUT2D eigenvalue weighted by molar-refractivity contribution is -0.121. The minimum Gasteiger partial charge on any atom is -0.493 e. The van der Waals surface area contributed by atoms with Crippen LogP contribution in [0.5, 0.6) is 11.5 Å². The van der Waals surface area contributed by atoms with Crippen molar-refractivity contribution >= 4 is 11.8 Å². The minimum atomic E-state index is -0.335. The van der Waals surface area contributed by atoms with Crippen molar-refractivity contribution in [3.8, 4) is 11.5 Å². The third-order valence-electron chi connectivity index (χ3n) is 5.40. The second kappa shape index (κ2) is 9.96. The van der Waals surface area contributed by atoms with E-state index >= 15 is 0 Å². The Bertz CT molecular complexity index is 832. The van der Waals surface area contributed by atoms with E-state index in [-0.39, 0.29) is 24.4 Å². The third-order valence-corrected chi connectivity index (χ3v) is 5.40. The van der Waals surface area contributed by atoms with Crippen molar-refractivity contribution in [1.82, 2.24) is 10.6 Å². The normalized spacial score (nSPS) is 14.8. The van der Waals surface area contributed by atoms with Crippen LogP contribution in [0.15, 0.2) is 48.5 Å². The Hall–Kier alpha value is -3.02. The highest BCUT2D eigenvalue weighted by Gasteiger charge is 2.27. The highest BCUT2D eigenvalue weighted by atomic mass is 16.5. The van der Waals surface area contributed by atoms with Crippen LogP contribution in [-0.2, 0) is 4.79 Å². The summed E-state index contributed by atoms with van der Waals surface area (Å²) in [6.07, 6.45) is 4.61. The van der Waals surface area contributed by atoms with E-state index in [1.807, 2.05) is 30.3 Å². The Morgan fingerprint density at radius 3 is 2.34 bits per heavy atom. The number of nitrogens with one attached hydrogen (secondary N) is 2. The van der Waals surface area contributed by atoms with E-state index in [4.69, 9.17) is 9.47 Å². The first-order valence-electron chi connectivity index (χ1n) is 9.97. The van der Waals surface area contributed by atoms with Crippen molar-refractivity contribution in [3.63, 3.8) is 0 Å². The summed E-state index contributed by atoms with van der Waals surface area (Å²) in [7, 11) is 3.05. The molecule has 0 aromatic heterocycles. The highest BCUT2D eigenvalue weighted by Crippen LogP contribution is 2.35. The molecular formula is C23H28N2O4. The van der Waals surface area contributed by atoms with Gasteiger partial charge in [-0.1, -0.05) is 43.2 Å². The SMILES string of the molecule is COc1ccc(C(=O)NCC(=O)NC(c2ccccc2)C2CCCC2)cc1OC. The molecule has 0 aliphatic heterocycles. The average Bonchev–Trinajstić information content (AvgIpc) is 3.30. The molecule has 2 N–H and O–H groups in total. The fourth-order valence-electron chi connectivity index (χ4n) is 3.89. The summed E-state index contributed by atoms with van der Waals surface area (Å²) in [5, 5.41) is 5.81. The Labute approximate surface area is 171 Å². The van der Waals surface area contributed by atoms with Crippen LogP contribution in [0.4, 0.5) is 0 Å². The molecule has 0 radical (unpaired) electrons. The molecule has 0 spiro atoms. The Morgan fingerprint density at radius 1 is 1.00 bits per heavy atom. The van der Waals surface area contributed by atoms with Crippen LogP contribution in [0.25, 0.3) is 0 Å². The molecule has 1 aliphatic rings. The monoisotopic (exact) mass is 396 g/mol. The summed E-state index contributed by atoms with van der Waals surface area (Å²) in [5.41, 5.74) is 1.52. The molecule has 1 aliphatic carbocycles. The first kappa shape index (κ1) is 20.7. The summed E-state index contributed by atoms with van der Waals surface area (Å²) in [6, 6.07) is 14.9. The van der Waals surface area contributed by atoms with Crippen molar-refractivity contribution < 1.29 is 19.1 Å². The summed E-state index contributed by atoms with van der Waals surface area (Å²) in [6.45, 7) is -0.0801. The molecule has 1 saturated carbocycles. The van der Waals surface area contributed by atoms with Gasteiger partial charge in [-0.15, -0.1) is 0 Å². The molecule has 2 amide bonds. The van der Waals surface area contributed by atoms with Crippen molar-refractivity contribution in [1.29, 1.82) is 0 Å². The smallest absolute Gasteiger partial charge is 0.251 e. The molecule has 1 atom stereocenters. The number of carbonyl (C=O) groups is 2. The molecule has 6 heteroatoms. The fraction of sp³-hybridized carbons (Fsp3) is 0.391. The fourth-order valence-corrected chi connectivity index (χ4v) is 3.89. The van der Waals surface area contributed by atoms with Gasteiger partial charge in [-0.05, 0) is 42.5 Å². The lowest BCUT2D eigenvalue weighted by Crippen LogP contribution is -2.40. The zero-order valence-electron chi connectivity index (χ0n) is 16.9. The van der Waals surface area contributed by atoms with Crippen LogP contribution < -0.4 is 20.1 Å². The van der Waals surface area contributed by atoms with E-state index in [0.29, 0.717) is 23.0 Å². The number of ether oxygens (including phenoxy) is 2. The summed E-state index contributed by atoms with van der Waals surface area (Å²) < 4.78 is 10.4. The molecule has 2 aromatic carbocycles. The lowest BCUT2D eigenvalue weighted by Gasteiger charge is -2.25. The standard InChI is InChI=1S/C23H28N2O4/c1-28-19-13-12-18(14-20(19)29-2)23(27)24-15-21(26)25-22(17-10-6-7-11-17)16-8-4-3-5-9-16/h3-5,8-9,12-14,17,22H,6-7,10-11,15H2,1-2H3,(H,24,27)(H,25,26). The van der Waals surface area contributed by atoms with Gasteiger partial charge in [0.05, 0.1) is 26.8 Å². The molecule has 0 heterocycles. The number of hydrogen-bond acceptors (Lipinski definition) is 4. The van der Waals surface area contributed by atoms with Crippen molar-refractivity contribution in [2.75, 3.05) is 20.8 Å². The maximum Gasteiger partial charge on any atom is 0.251 e. The predicted octanol–water partition coefficient (Wildman–Crippen LogP) is 3.48. The van der Waals surface area contributed by atoms with E-state index < -0.39 is 0 Å². The molecule has 0 saturated heterocycles. The molecule has 3 rings (SSSR count). The molecule has 1 unspecified atom stereocenters. The maximum atomic E-state index is 12.6. The minimum absolute atomic E-state index is 0.0239. The summed E-state index contributed by atoms with van der Waals surface area (Å²) >= 11 is 0. The van der Waals surface area contributed by atoms with E-state index in [1.54, 1.807) is 18.2 Å². The largest absolute Gasteiger partial charge is 0.493 e. The highest BCUT2D eigenvalue weighted by molar-refractivity contribution is 5.97. The molecule has 29 heavy (non-hydrogen) atoms. The topological polar surface area (TPSA) is 76.7 Å². The number of benzene rings is 2. The second-order valence-corrected chi connectivity index (χ2v) is 7.25. The first-order chi connectivity index (χ1) is 14.1. The Kier molecular flexibility index (Phi) is 7.11. The Morgan fingerprint density at radius 2 is 1.69 bits per heavy atom. The number of methoxy groups -OCH3 is 2.